The molecular formula is C13H20N4O3. The first-order valence-corrected chi connectivity index (χ1v) is 6.43. The Kier molecular flexibility index (Phi) is 6.28. The Morgan fingerprint density at radius 1 is 1.00 bits per heavy atom. The van der Waals surface area contributed by atoms with E-state index >= 15 is 0 Å². The van der Waals surface area contributed by atoms with Gasteiger partial charge in [0.2, 0.25) is 11.8 Å². The topological polar surface area (TPSA) is 81.8 Å². The molecule has 1 aliphatic heterocycles. The smallest absolute Gasteiger partial charge is 0.320 e. The lowest BCUT2D eigenvalue weighted by molar-refractivity contribution is -0.117. The second-order valence-corrected chi connectivity index (χ2v) is 4.25. The van der Waals surface area contributed by atoms with Crippen molar-refractivity contribution < 1.29 is 14.4 Å². The first-order valence-electron chi connectivity index (χ1n) is 6.43. The number of nitrogens with one attached hydrogen (secondary N) is 2. The van der Waals surface area contributed by atoms with Crippen molar-refractivity contribution in [3.8, 4) is 0 Å². The van der Waals surface area contributed by atoms with Crippen LogP contribution in [0.2, 0.25) is 0 Å². The van der Waals surface area contributed by atoms with Gasteiger partial charge in [0.25, 0.3) is 0 Å². The fourth-order valence-electron chi connectivity index (χ4n) is 1.82. The molecule has 1 aliphatic rings. The summed E-state index contributed by atoms with van der Waals surface area (Å²) in [5.74, 6) is -0.499. The number of carbonyl (C=O) groups is 3. The summed E-state index contributed by atoms with van der Waals surface area (Å²) in [5, 5.41) is 5.25. The van der Waals surface area contributed by atoms with Crippen LogP contribution in [0.1, 0.15) is 0 Å². The largest absolute Gasteiger partial charge is 0.351 e. The SMILES string of the molecule is C=CC(=O)NCCN1CCN(CCNC(=O)C=C)C1=O. The molecule has 1 saturated heterocycles. The molecule has 7 heteroatoms. The number of hydrogen-bond acceptors (Lipinski definition) is 3. The fraction of sp³-hybridized carbons (Fsp3) is 0.462. The fourth-order valence-corrected chi connectivity index (χ4v) is 1.82. The van der Waals surface area contributed by atoms with Gasteiger partial charge in [-0.2, -0.15) is 0 Å². The molecule has 2 N–H and O–H groups in total. The monoisotopic (exact) mass is 280 g/mol. The van der Waals surface area contributed by atoms with Crippen LogP contribution in [0.15, 0.2) is 25.3 Å². The average molecular weight is 280 g/mol. The first kappa shape index (κ1) is 15.7. The summed E-state index contributed by atoms with van der Waals surface area (Å²) in [6.07, 6.45) is 2.39. The molecule has 0 aliphatic carbocycles. The van der Waals surface area contributed by atoms with Gasteiger partial charge in [0, 0.05) is 39.3 Å². The lowest BCUT2D eigenvalue weighted by Gasteiger charge is -2.18. The van der Waals surface area contributed by atoms with Crippen LogP contribution >= 0.6 is 0 Å². The predicted molar refractivity (Wildman–Crippen MR) is 75.0 cm³/mol. The van der Waals surface area contributed by atoms with Crippen LogP contribution in [-0.2, 0) is 9.59 Å². The molecule has 0 aromatic rings. The highest BCUT2D eigenvalue weighted by Gasteiger charge is 2.27. The van der Waals surface area contributed by atoms with E-state index in [-0.39, 0.29) is 17.8 Å². The van der Waals surface area contributed by atoms with Crippen molar-refractivity contribution in [2.45, 2.75) is 0 Å². The average Bonchev–Trinajstić information content (AvgIpc) is 2.80. The molecule has 0 radical (unpaired) electrons. The van der Waals surface area contributed by atoms with E-state index in [1.807, 2.05) is 0 Å². The lowest BCUT2D eigenvalue weighted by Crippen LogP contribution is -2.40. The molecule has 0 saturated carbocycles. The molecule has 0 unspecified atom stereocenters. The molecule has 4 amide bonds. The molecule has 1 heterocycles. The van der Waals surface area contributed by atoms with Gasteiger partial charge < -0.3 is 20.4 Å². The lowest BCUT2D eigenvalue weighted by atomic mass is 10.5. The van der Waals surface area contributed by atoms with Crippen molar-refractivity contribution in [1.82, 2.24) is 20.4 Å². The first-order chi connectivity index (χ1) is 9.58. The summed E-state index contributed by atoms with van der Waals surface area (Å²) in [7, 11) is 0. The Morgan fingerprint density at radius 2 is 1.40 bits per heavy atom. The highest BCUT2D eigenvalue weighted by molar-refractivity contribution is 5.87. The number of amides is 4. The molecule has 0 aromatic carbocycles. The van der Waals surface area contributed by atoms with Crippen molar-refractivity contribution in [2.75, 3.05) is 39.3 Å². The van der Waals surface area contributed by atoms with E-state index in [1.165, 1.54) is 12.2 Å². The van der Waals surface area contributed by atoms with Crippen LogP contribution in [0.3, 0.4) is 0 Å². The third-order valence-corrected chi connectivity index (χ3v) is 2.91. The van der Waals surface area contributed by atoms with Gasteiger partial charge in [-0.3, -0.25) is 9.59 Å². The molecule has 0 bridgehead atoms. The van der Waals surface area contributed by atoms with E-state index in [4.69, 9.17) is 0 Å². The van der Waals surface area contributed by atoms with Crippen molar-refractivity contribution in [3.63, 3.8) is 0 Å². The van der Waals surface area contributed by atoms with Gasteiger partial charge in [0.15, 0.2) is 0 Å². The number of rotatable bonds is 8. The normalized spacial score (nSPS) is 14.1. The Bertz CT molecular complexity index is 372. The van der Waals surface area contributed by atoms with E-state index < -0.39 is 0 Å². The number of nitrogens with zero attached hydrogens (tertiary/aromatic N) is 2. The summed E-state index contributed by atoms with van der Waals surface area (Å²) in [4.78, 5) is 37.3. The quantitative estimate of drug-likeness (QED) is 0.578. The molecule has 110 valence electrons. The van der Waals surface area contributed by atoms with Crippen LogP contribution in [0.5, 0.6) is 0 Å². The Labute approximate surface area is 118 Å². The van der Waals surface area contributed by atoms with Gasteiger partial charge >= 0.3 is 6.03 Å². The Balaban J connectivity index is 2.25. The van der Waals surface area contributed by atoms with Crippen LogP contribution in [0.25, 0.3) is 0 Å². The third-order valence-electron chi connectivity index (χ3n) is 2.91. The van der Waals surface area contributed by atoms with Crippen molar-refractivity contribution in [2.24, 2.45) is 0 Å². The van der Waals surface area contributed by atoms with Crippen molar-refractivity contribution in [1.29, 1.82) is 0 Å². The minimum Gasteiger partial charge on any atom is -0.351 e. The Hall–Kier alpha value is -2.31. The standard InChI is InChI=1S/C13H20N4O3/c1-3-11(18)14-5-7-16-9-10-17(13(16)20)8-6-15-12(19)4-2/h3-4H,1-2,5-10H2,(H,14,18)(H,15,19). The minimum absolute atomic E-state index is 0.0781. The molecular weight excluding hydrogens is 260 g/mol. The zero-order valence-corrected chi connectivity index (χ0v) is 11.4. The van der Waals surface area contributed by atoms with Gasteiger partial charge in [0.1, 0.15) is 0 Å². The summed E-state index contributed by atoms with van der Waals surface area (Å²) in [5.41, 5.74) is 0. The maximum Gasteiger partial charge on any atom is 0.320 e. The summed E-state index contributed by atoms with van der Waals surface area (Å²) in [6.45, 7) is 9.68. The number of hydrogen-bond donors (Lipinski definition) is 2. The highest BCUT2D eigenvalue weighted by atomic mass is 16.2. The van der Waals surface area contributed by atoms with Crippen molar-refractivity contribution >= 4 is 17.8 Å². The molecule has 0 spiro atoms. The van der Waals surface area contributed by atoms with Crippen LogP contribution in [0, 0.1) is 0 Å². The molecule has 0 aromatic heterocycles. The molecule has 1 fully saturated rings. The van der Waals surface area contributed by atoms with Gasteiger partial charge in [0.05, 0.1) is 0 Å². The van der Waals surface area contributed by atoms with Crippen LogP contribution < -0.4 is 10.6 Å². The summed E-state index contributed by atoms with van der Waals surface area (Å²) >= 11 is 0. The maximum absolute atomic E-state index is 12.0. The van der Waals surface area contributed by atoms with E-state index in [0.717, 1.165) is 0 Å². The van der Waals surface area contributed by atoms with E-state index in [1.54, 1.807) is 9.80 Å². The van der Waals surface area contributed by atoms with Crippen LogP contribution in [0.4, 0.5) is 4.79 Å². The Morgan fingerprint density at radius 3 is 1.75 bits per heavy atom. The number of urea groups is 1. The van der Waals surface area contributed by atoms with Gasteiger partial charge in [-0.1, -0.05) is 13.2 Å². The summed E-state index contributed by atoms with van der Waals surface area (Å²) < 4.78 is 0. The second kappa shape index (κ2) is 7.98. The van der Waals surface area contributed by atoms with E-state index in [2.05, 4.69) is 23.8 Å². The van der Waals surface area contributed by atoms with Crippen LogP contribution in [-0.4, -0.2) is 66.9 Å². The predicted octanol–water partition coefficient (Wildman–Crippen LogP) is -0.672. The minimum atomic E-state index is -0.249. The zero-order valence-electron chi connectivity index (χ0n) is 11.4. The molecule has 7 nitrogen and oxygen atoms in total. The maximum atomic E-state index is 12.0. The second-order valence-electron chi connectivity index (χ2n) is 4.25. The zero-order chi connectivity index (χ0) is 15.0. The van der Waals surface area contributed by atoms with Gasteiger partial charge in [-0.25, -0.2) is 4.79 Å². The molecule has 0 atom stereocenters. The molecule has 20 heavy (non-hydrogen) atoms. The van der Waals surface area contributed by atoms with Crippen molar-refractivity contribution in [3.05, 3.63) is 25.3 Å². The summed E-state index contributed by atoms with van der Waals surface area (Å²) in [6, 6.07) is -0.0781. The molecule has 1 rings (SSSR count). The van der Waals surface area contributed by atoms with Gasteiger partial charge in [-0.05, 0) is 12.2 Å². The van der Waals surface area contributed by atoms with E-state index in [0.29, 0.717) is 39.3 Å². The van der Waals surface area contributed by atoms with E-state index in [9.17, 15) is 14.4 Å². The van der Waals surface area contributed by atoms with Gasteiger partial charge in [-0.15, -0.1) is 0 Å². The number of carbonyl (C=O) groups excluding carboxylic acids is 3. The third kappa shape index (κ3) is 4.75. The highest BCUT2D eigenvalue weighted by Crippen LogP contribution is 2.06.